The van der Waals surface area contributed by atoms with Crippen LogP contribution in [0.25, 0.3) is 0 Å². The van der Waals surface area contributed by atoms with Gasteiger partial charge in [0.2, 0.25) is 0 Å². The highest BCUT2D eigenvalue weighted by Gasteiger charge is 2.05. The number of anilines is 1. The summed E-state index contributed by atoms with van der Waals surface area (Å²) in [5.41, 5.74) is 2.75. The van der Waals surface area contributed by atoms with Gasteiger partial charge >= 0.3 is 0 Å². The monoisotopic (exact) mass is 321 g/mol. The second kappa shape index (κ2) is 8.16. The second-order valence-corrected chi connectivity index (χ2v) is 5.53. The molecule has 2 nitrogen and oxygen atoms in total. The average molecular weight is 321 g/mol. The smallest absolute Gasteiger partial charge is 0.146 e. The number of halogens is 1. The minimum atomic E-state index is -0.250. The quantitative estimate of drug-likeness (QED) is 0.657. The summed E-state index contributed by atoms with van der Waals surface area (Å²) >= 11 is 0. The molecule has 0 amide bonds. The highest BCUT2D eigenvalue weighted by atomic mass is 19.1. The Kier molecular flexibility index (Phi) is 5.46. The predicted octanol–water partition coefficient (Wildman–Crippen LogP) is 5.06. The number of hydrogen-bond acceptors (Lipinski definition) is 2. The first-order chi connectivity index (χ1) is 11.8. The van der Waals surface area contributed by atoms with Crippen LogP contribution in [0.5, 0.6) is 5.75 Å². The highest BCUT2D eigenvalue weighted by Crippen LogP contribution is 2.21. The third-order valence-corrected chi connectivity index (χ3v) is 3.81. The molecule has 1 N–H and O–H groups in total. The van der Waals surface area contributed by atoms with Gasteiger partial charge in [-0.25, -0.2) is 4.39 Å². The van der Waals surface area contributed by atoms with Gasteiger partial charge in [0.05, 0.1) is 12.3 Å². The van der Waals surface area contributed by atoms with Crippen molar-refractivity contribution in [3.05, 3.63) is 95.8 Å². The van der Waals surface area contributed by atoms with E-state index in [1.165, 1.54) is 11.6 Å². The maximum atomic E-state index is 13.7. The Morgan fingerprint density at radius 3 is 2.33 bits per heavy atom. The summed E-state index contributed by atoms with van der Waals surface area (Å²) in [5.74, 6) is 0.581. The molecule has 0 atom stereocenters. The van der Waals surface area contributed by atoms with E-state index in [9.17, 15) is 4.39 Å². The van der Waals surface area contributed by atoms with Crippen LogP contribution in [0.1, 0.15) is 11.1 Å². The first-order valence-corrected chi connectivity index (χ1v) is 8.06. The Morgan fingerprint density at radius 1 is 0.792 bits per heavy atom. The van der Waals surface area contributed by atoms with Crippen LogP contribution in [-0.2, 0) is 13.0 Å². The first-order valence-electron chi connectivity index (χ1n) is 8.06. The Hall–Kier alpha value is -2.81. The maximum Gasteiger partial charge on any atom is 0.146 e. The molecular weight excluding hydrogens is 301 g/mol. The average Bonchev–Trinajstić information content (AvgIpc) is 2.63. The fourth-order valence-corrected chi connectivity index (χ4v) is 2.51. The number of rotatable bonds is 7. The van der Waals surface area contributed by atoms with Crippen LogP contribution < -0.4 is 10.1 Å². The summed E-state index contributed by atoms with van der Waals surface area (Å²) < 4.78 is 19.6. The van der Waals surface area contributed by atoms with Crippen molar-refractivity contribution in [2.24, 2.45) is 0 Å². The van der Waals surface area contributed by atoms with Crippen LogP contribution in [0.15, 0.2) is 78.9 Å². The van der Waals surface area contributed by atoms with Gasteiger partial charge in [0.25, 0.3) is 0 Å². The van der Waals surface area contributed by atoms with Crippen molar-refractivity contribution >= 4 is 5.69 Å². The van der Waals surface area contributed by atoms with Crippen molar-refractivity contribution < 1.29 is 9.13 Å². The standard InChI is InChI=1S/C21H20FNO/c22-19-11-5-6-12-20(19)23-16-18-10-4-7-13-21(18)24-15-14-17-8-2-1-3-9-17/h1-13,23H,14-16H2. The van der Waals surface area contributed by atoms with Crippen LogP contribution in [0.4, 0.5) is 10.1 Å². The Labute approximate surface area is 141 Å². The molecule has 0 fully saturated rings. The van der Waals surface area contributed by atoms with E-state index in [4.69, 9.17) is 4.74 Å². The molecule has 0 saturated carbocycles. The van der Waals surface area contributed by atoms with E-state index in [-0.39, 0.29) is 5.82 Å². The van der Waals surface area contributed by atoms with Gasteiger partial charge < -0.3 is 10.1 Å². The lowest BCUT2D eigenvalue weighted by atomic mass is 10.1. The highest BCUT2D eigenvalue weighted by molar-refractivity contribution is 5.46. The van der Waals surface area contributed by atoms with Gasteiger partial charge in [0, 0.05) is 18.5 Å². The van der Waals surface area contributed by atoms with E-state index < -0.39 is 0 Å². The number of benzene rings is 3. The molecule has 3 rings (SSSR count). The van der Waals surface area contributed by atoms with Gasteiger partial charge in [-0.2, -0.15) is 0 Å². The maximum absolute atomic E-state index is 13.7. The molecule has 0 unspecified atom stereocenters. The molecule has 0 spiro atoms. The molecule has 122 valence electrons. The third kappa shape index (κ3) is 4.35. The van der Waals surface area contributed by atoms with Crippen LogP contribution >= 0.6 is 0 Å². The van der Waals surface area contributed by atoms with Gasteiger partial charge in [-0.05, 0) is 23.8 Å². The van der Waals surface area contributed by atoms with Crippen LogP contribution in [0.2, 0.25) is 0 Å². The summed E-state index contributed by atoms with van der Waals surface area (Å²) in [6.45, 7) is 1.13. The minimum absolute atomic E-state index is 0.250. The van der Waals surface area contributed by atoms with E-state index in [0.717, 1.165) is 17.7 Å². The fraction of sp³-hybridized carbons (Fsp3) is 0.143. The molecule has 0 aliphatic rings. The van der Waals surface area contributed by atoms with Gasteiger partial charge in [0.15, 0.2) is 0 Å². The second-order valence-electron chi connectivity index (χ2n) is 5.53. The molecule has 0 aliphatic carbocycles. The molecule has 0 aromatic heterocycles. The molecule has 3 aromatic carbocycles. The molecule has 0 heterocycles. The van der Waals surface area contributed by atoms with Crippen molar-refractivity contribution in [1.82, 2.24) is 0 Å². The number of ether oxygens (including phenoxy) is 1. The van der Waals surface area contributed by atoms with E-state index in [1.807, 2.05) is 48.5 Å². The molecule has 3 aromatic rings. The number of para-hydroxylation sites is 2. The summed E-state index contributed by atoms with van der Waals surface area (Å²) in [7, 11) is 0. The first kappa shape index (κ1) is 16.1. The van der Waals surface area contributed by atoms with E-state index in [0.29, 0.717) is 18.8 Å². The number of hydrogen-bond donors (Lipinski definition) is 1. The summed E-state index contributed by atoms with van der Waals surface area (Å²) in [6.07, 6.45) is 0.857. The summed E-state index contributed by atoms with van der Waals surface area (Å²) in [6, 6.07) is 24.8. The van der Waals surface area contributed by atoms with Crippen molar-refractivity contribution in [3.63, 3.8) is 0 Å². The molecule has 0 aliphatic heterocycles. The van der Waals surface area contributed by atoms with Crippen LogP contribution in [0.3, 0.4) is 0 Å². The summed E-state index contributed by atoms with van der Waals surface area (Å²) in [5, 5.41) is 3.12. The Balaban J connectivity index is 1.59. The Bertz CT molecular complexity index is 774. The molecule has 0 saturated heterocycles. The molecular formula is C21H20FNO. The largest absolute Gasteiger partial charge is 0.493 e. The molecule has 24 heavy (non-hydrogen) atoms. The zero-order valence-corrected chi connectivity index (χ0v) is 13.4. The minimum Gasteiger partial charge on any atom is -0.493 e. The SMILES string of the molecule is Fc1ccccc1NCc1ccccc1OCCc1ccccc1. The zero-order valence-electron chi connectivity index (χ0n) is 13.4. The van der Waals surface area contributed by atoms with Crippen molar-refractivity contribution in [1.29, 1.82) is 0 Å². The molecule has 3 heteroatoms. The van der Waals surface area contributed by atoms with Crippen molar-refractivity contribution in [2.75, 3.05) is 11.9 Å². The third-order valence-electron chi connectivity index (χ3n) is 3.81. The van der Waals surface area contributed by atoms with Crippen molar-refractivity contribution in [2.45, 2.75) is 13.0 Å². The van der Waals surface area contributed by atoms with Crippen LogP contribution in [0, 0.1) is 5.82 Å². The number of nitrogens with one attached hydrogen (secondary N) is 1. The summed E-state index contributed by atoms with van der Waals surface area (Å²) in [4.78, 5) is 0. The van der Waals surface area contributed by atoms with Gasteiger partial charge in [0.1, 0.15) is 11.6 Å². The topological polar surface area (TPSA) is 21.3 Å². The van der Waals surface area contributed by atoms with Gasteiger partial charge in [-0.3, -0.25) is 0 Å². The van der Waals surface area contributed by atoms with Gasteiger partial charge in [-0.1, -0.05) is 60.7 Å². The zero-order chi connectivity index (χ0) is 16.6. The van der Waals surface area contributed by atoms with E-state index in [2.05, 4.69) is 17.4 Å². The lowest BCUT2D eigenvalue weighted by molar-refractivity contribution is 0.319. The van der Waals surface area contributed by atoms with Crippen LogP contribution in [-0.4, -0.2) is 6.61 Å². The predicted molar refractivity (Wildman–Crippen MR) is 95.8 cm³/mol. The lowest BCUT2D eigenvalue weighted by Crippen LogP contribution is -2.06. The van der Waals surface area contributed by atoms with Crippen molar-refractivity contribution in [3.8, 4) is 5.75 Å². The normalized spacial score (nSPS) is 10.4. The Morgan fingerprint density at radius 2 is 1.50 bits per heavy atom. The fourth-order valence-electron chi connectivity index (χ4n) is 2.51. The van der Waals surface area contributed by atoms with E-state index >= 15 is 0 Å². The molecule has 0 bridgehead atoms. The van der Waals surface area contributed by atoms with Gasteiger partial charge in [-0.15, -0.1) is 0 Å². The van der Waals surface area contributed by atoms with E-state index in [1.54, 1.807) is 12.1 Å². The molecule has 0 radical (unpaired) electrons. The lowest BCUT2D eigenvalue weighted by Gasteiger charge is -2.13.